The van der Waals surface area contributed by atoms with Crippen LogP contribution < -0.4 is 14.8 Å². The van der Waals surface area contributed by atoms with Crippen LogP contribution >= 0.6 is 11.6 Å². The highest BCUT2D eigenvalue weighted by Crippen LogP contribution is 2.50. The van der Waals surface area contributed by atoms with Crippen LogP contribution in [0.3, 0.4) is 0 Å². The van der Waals surface area contributed by atoms with Gasteiger partial charge in [0.15, 0.2) is 11.5 Å². The second kappa shape index (κ2) is 7.25. The van der Waals surface area contributed by atoms with Crippen molar-refractivity contribution < 1.29 is 24.2 Å². The molecule has 2 atom stereocenters. The van der Waals surface area contributed by atoms with Crippen molar-refractivity contribution in [3.63, 3.8) is 0 Å². The molecule has 1 aliphatic rings. The topological polar surface area (TPSA) is 84.9 Å². The van der Waals surface area contributed by atoms with E-state index in [4.69, 9.17) is 21.1 Å². The molecule has 0 aromatic heterocycles. The quantitative estimate of drug-likeness (QED) is 0.802. The third-order valence-electron chi connectivity index (χ3n) is 4.42. The molecule has 1 amide bonds. The SMILES string of the molecule is COc1cc(C(=O)O)cc(NC(=O)C2CC2c2ccccc2Cl)c1OC. The molecule has 0 bridgehead atoms. The van der Waals surface area contributed by atoms with Crippen LogP contribution in [0.25, 0.3) is 0 Å². The first-order chi connectivity index (χ1) is 12.5. The Hall–Kier alpha value is -2.73. The Morgan fingerprint density at radius 1 is 1.19 bits per heavy atom. The van der Waals surface area contributed by atoms with Crippen molar-refractivity contribution >= 4 is 29.2 Å². The molecule has 2 N–H and O–H groups in total. The molecule has 0 aliphatic heterocycles. The summed E-state index contributed by atoms with van der Waals surface area (Å²) >= 11 is 6.20. The number of nitrogens with one attached hydrogen (secondary N) is 1. The summed E-state index contributed by atoms with van der Waals surface area (Å²) in [7, 11) is 2.83. The number of rotatable bonds is 6. The Labute approximate surface area is 155 Å². The van der Waals surface area contributed by atoms with Crippen LogP contribution in [0.15, 0.2) is 36.4 Å². The van der Waals surface area contributed by atoms with Gasteiger partial charge in [0.25, 0.3) is 0 Å². The van der Waals surface area contributed by atoms with Crippen LogP contribution in [0, 0.1) is 5.92 Å². The van der Waals surface area contributed by atoms with Gasteiger partial charge in [-0.3, -0.25) is 4.79 Å². The molecule has 1 aliphatic carbocycles. The van der Waals surface area contributed by atoms with Crippen LogP contribution in [-0.2, 0) is 4.79 Å². The van der Waals surface area contributed by atoms with Crippen LogP contribution in [-0.4, -0.2) is 31.2 Å². The smallest absolute Gasteiger partial charge is 0.335 e. The second-order valence-corrected chi connectivity index (χ2v) is 6.43. The predicted molar refractivity (Wildman–Crippen MR) is 97.4 cm³/mol. The van der Waals surface area contributed by atoms with E-state index in [9.17, 15) is 14.7 Å². The number of amides is 1. The fourth-order valence-electron chi connectivity index (χ4n) is 3.01. The van der Waals surface area contributed by atoms with Crippen molar-refractivity contribution in [2.24, 2.45) is 5.92 Å². The zero-order chi connectivity index (χ0) is 18.8. The van der Waals surface area contributed by atoms with Crippen molar-refractivity contribution in [1.82, 2.24) is 0 Å². The lowest BCUT2D eigenvalue weighted by Crippen LogP contribution is -2.16. The first-order valence-electron chi connectivity index (χ1n) is 8.00. The van der Waals surface area contributed by atoms with Gasteiger partial charge in [-0.1, -0.05) is 29.8 Å². The van der Waals surface area contributed by atoms with Gasteiger partial charge in [0.1, 0.15) is 0 Å². The van der Waals surface area contributed by atoms with E-state index < -0.39 is 5.97 Å². The van der Waals surface area contributed by atoms with E-state index in [0.29, 0.717) is 11.4 Å². The summed E-state index contributed by atoms with van der Waals surface area (Å²) in [4.78, 5) is 23.9. The van der Waals surface area contributed by atoms with E-state index in [1.807, 2.05) is 18.2 Å². The third kappa shape index (κ3) is 3.46. The molecule has 1 fully saturated rings. The number of carboxylic acids is 1. The number of ether oxygens (including phenoxy) is 2. The molecule has 2 aromatic carbocycles. The van der Waals surface area contributed by atoms with Gasteiger partial charge in [-0.05, 0) is 36.1 Å². The molecule has 7 heteroatoms. The lowest BCUT2D eigenvalue weighted by molar-refractivity contribution is -0.117. The highest BCUT2D eigenvalue weighted by atomic mass is 35.5. The molecule has 3 rings (SSSR count). The Balaban J connectivity index is 1.83. The Morgan fingerprint density at radius 2 is 1.92 bits per heavy atom. The average molecular weight is 376 g/mol. The summed E-state index contributed by atoms with van der Waals surface area (Å²) in [5, 5.41) is 12.6. The zero-order valence-electron chi connectivity index (χ0n) is 14.3. The van der Waals surface area contributed by atoms with E-state index >= 15 is 0 Å². The fraction of sp³-hybridized carbons (Fsp3) is 0.263. The molecule has 0 heterocycles. The number of benzene rings is 2. The van der Waals surface area contributed by atoms with Gasteiger partial charge in [0, 0.05) is 10.9 Å². The highest BCUT2D eigenvalue weighted by Gasteiger charge is 2.45. The Morgan fingerprint density at radius 3 is 2.54 bits per heavy atom. The van der Waals surface area contributed by atoms with Crippen molar-refractivity contribution in [2.75, 3.05) is 19.5 Å². The fourth-order valence-corrected chi connectivity index (χ4v) is 3.29. The van der Waals surface area contributed by atoms with Gasteiger partial charge in [-0.25, -0.2) is 4.79 Å². The van der Waals surface area contributed by atoms with Crippen molar-refractivity contribution in [2.45, 2.75) is 12.3 Å². The average Bonchev–Trinajstić information content (AvgIpc) is 3.41. The minimum absolute atomic E-state index is 0.00333. The second-order valence-electron chi connectivity index (χ2n) is 6.02. The largest absolute Gasteiger partial charge is 0.493 e. The summed E-state index contributed by atoms with van der Waals surface area (Å²) < 4.78 is 10.5. The molecule has 136 valence electrons. The minimum Gasteiger partial charge on any atom is -0.493 e. The minimum atomic E-state index is -1.12. The zero-order valence-corrected chi connectivity index (χ0v) is 15.0. The maximum absolute atomic E-state index is 12.6. The van der Waals surface area contributed by atoms with Gasteiger partial charge >= 0.3 is 5.97 Å². The molecule has 26 heavy (non-hydrogen) atoms. The lowest BCUT2D eigenvalue weighted by atomic mass is 10.1. The van der Waals surface area contributed by atoms with Gasteiger partial charge in [-0.2, -0.15) is 0 Å². The van der Waals surface area contributed by atoms with Crippen LogP contribution in [0.4, 0.5) is 5.69 Å². The number of hydrogen-bond donors (Lipinski definition) is 2. The molecule has 0 radical (unpaired) electrons. The number of anilines is 1. The molecule has 1 saturated carbocycles. The number of halogens is 1. The van der Waals surface area contributed by atoms with E-state index in [2.05, 4.69) is 5.32 Å². The van der Waals surface area contributed by atoms with Crippen molar-refractivity contribution in [3.8, 4) is 11.5 Å². The van der Waals surface area contributed by atoms with Crippen LogP contribution in [0.5, 0.6) is 11.5 Å². The summed E-state index contributed by atoms with van der Waals surface area (Å²) in [5.41, 5.74) is 1.20. The molecule has 2 aromatic rings. The predicted octanol–water partition coefficient (Wildman–Crippen LogP) is 3.80. The van der Waals surface area contributed by atoms with Crippen LogP contribution in [0.1, 0.15) is 28.3 Å². The monoisotopic (exact) mass is 375 g/mol. The van der Waals surface area contributed by atoms with E-state index in [-0.39, 0.29) is 40.5 Å². The van der Waals surface area contributed by atoms with Gasteiger partial charge in [0.05, 0.1) is 25.5 Å². The molecule has 6 nitrogen and oxygen atoms in total. The number of aromatic carboxylic acids is 1. The van der Waals surface area contributed by atoms with Gasteiger partial charge in [0.2, 0.25) is 5.91 Å². The number of methoxy groups -OCH3 is 2. The molecule has 2 unspecified atom stereocenters. The molecular weight excluding hydrogens is 358 g/mol. The van der Waals surface area contributed by atoms with E-state index in [1.54, 1.807) is 6.07 Å². The standard InChI is InChI=1S/C19H18ClNO5/c1-25-16-8-10(19(23)24)7-15(17(16)26-2)21-18(22)13-9-12(13)11-5-3-4-6-14(11)20/h3-8,12-13H,9H2,1-2H3,(H,21,22)(H,23,24). The normalized spacial score (nSPS) is 18.1. The van der Waals surface area contributed by atoms with Crippen molar-refractivity contribution in [1.29, 1.82) is 0 Å². The Bertz CT molecular complexity index is 867. The molecule has 0 saturated heterocycles. The van der Waals surface area contributed by atoms with Crippen LogP contribution in [0.2, 0.25) is 5.02 Å². The maximum Gasteiger partial charge on any atom is 0.335 e. The van der Waals surface area contributed by atoms with Gasteiger partial charge in [-0.15, -0.1) is 0 Å². The highest BCUT2D eigenvalue weighted by molar-refractivity contribution is 6.31. The summed E-state index contributed by atoms with van der Waals surface area (Å²) in [6.45, 7) is 0. The summed E-state index contributed by atoms with van der Waals surface area (Å²) in [5.74, 6) is -0.986. The van der Waals surface area contributed by atoms with Gasteiger partial charge < -0.3 is 19.9 Å². The number of carbonyl (C=O) groups excluding carboxylic acids is 1. The molecular formula is C19H18ClNO5. The maximum atomic E-state index is 12.6. The third-order valence-corrected chi connectivity index (χ3v) is 4.76. The number of carboxylic acid groups (broad SMARTS) is 1. The van der Waals surface area contributed by atoms with E-state index in [1.165, 1.54) is 26.4 Å². The first kappa shape index (κ1) is 18.1. The molecule has 0 spiro atoms. The number of carbonyl (C=O) groups is 2. The lowest BCUT2D eigenvalue weighted by Gasteiger charge is -2.15. The summed E-state index contributed by atoms with van der Waals surface area (Å²) in [6.07, 6.45) is 0.688. The van der Waals surface area contributed by atoms with Crippen molar-refractivity contribution in [3.05, 3.63) is 52.5 Å². The van der Waals surface area contributed by atoms with E-state index in [0.717, 1.165) is 5.56 Å². The Kier molecular flexibility index (Phi) is 5.04. The number of hydrogen-bond acceptors (Lipinski definition) is 4. The first-order valence-corrected chi connectivity index (χ1v) is 8.38. The summed E-state index contributed by atoms with van der Waals surface area (Å²) in [6, 6.07) is 10.1.